The molecule has 6 nitrogen and oxygen atoms in total. The van der Waals surface area contributed by atoms with Crippen molar-refractivity contribution in [1.29, 1.82) is 0 Å². The fraction of sp³-hybridized carbons (Fsp3) is 0.462. The van der Waals surface area contributed by atoms with E-state index in [-0.39, 0.29) is 11.1 Å². The summed E-state index contributed by atoms with van der Waals surface area (Å²) in [5, 5.41) is 11.3. The molecule has 0 spiro atoms. The van der Waals surface area contributed by atoms with Crippen LogP contribution in [-0.4, -0.2) is 24.7 Å². The van der Waals surface area contributed by atoms with E-state index in [0.717, 1.165) is 19.3 Å². The number of oxime groups is 1. The summed E-state index contributed by atoms with van der Waals surface area (Å²) in [5.74, 6) is -0.119. The SMILES string of the molecule is N/C(=N/O)c1ccccc1NS(=O)(=O)C1CCCCC1. The van der Waals surface area contributed by atoms with E-state index < -0.39 is 10.0 Å². The summed E-state index contributed by atoms with van der Waals surface area (Å²) in [7, 11) is -3.44. The fourth-order valence-electron chi connectivity index (χ4n) is 2.46. The molecule has 1 saturated carbocycles. The van der Waals surface area contributed by atoms with E-state index in [0.29, 0.717) is 24.1 Å². The Bertz CT molecular complexity index is 593. The van der Waals surface area contributed by atoms with Crippen molar-refractivity contribution in [3.05, 3.63) is 29.8 Å². The fourth-order valence-corrected chi connectivity index (χ4v) is 4.07. The number of hydrogen-bond acceptors (Lipinski definition) is 4. The zero-order chi connectivity index (χ0) is 14.6. The van der Waals surface area contributed by atoms with Crippen LogP contribution in [-0.2, 0) is 10.0 Å². The summed E-state index contributed by atoms with van der Waals surface area (Å²) >= 11 is 0. The number of hydrogen-bond donors (Lipinski definition) is 3. The van der Waals surface area contributed by atoms with E-state index >= 15 is 0 Å². The predicted molar refractivity (Wildman–Crippen MR) is 78.4 cm³/mol. The highest BCUT2D eigenvalue weighted by Gasteiger charge is 2.27. The van der Waals surface area contributed by atoms with Gasteiger partial charge in [0.05, 0.1) is 10.9 Å². The molecule has 0 saturated heterocycles. The summed E-state index contributed by atoms with van der Waals surface area (Å²) in [6.45, 7) is 0. The number of sulfonamides is 1. The van der Waals surface area contributed by atoms with Crippen molar-refractivity contribution < 1.29 is 13.6 Å². The smallest absolute Gasteiger partial charge is 0.235 e. The average molecular weight is 297 g/mol. The molecule has 0 unspecified atom stereocenters. The highest BCUT2D eigenvalue weighted by atomic mass is 32.2. The number of para-hydroxylation sites is 1. The third kappa shape index (κ3) is 3.22. The molecule has 0 bridgehead atoms. The highest BCUT2D eigenvalue weighted by molar-refractivity contribution is 7.93. The Kier molecular flexibility index (Phi) is 4.49. The van der Waals surface area contributed by atoms with Crippen molar-refractivity contribution in [1.82, 2.24) is 0 Å². The van der Waals surface area contributed by atoms with Gasteiger partial charge in [0, 0.05) is 5.56 Å². The Hall–Kier alpha value is -1.76. The van der Waals surface area contributed by atoms with Crippen molar-refractivity contribution >= 4 is 21.5 Å². The minimum absolute atomic E-state index is 0.119. The normalized spacial score (nSPS) is 17.9. The van der Waals surface area contributed by atoms with E-state index in [1.165, 1.54) is 0 Å². The second-order valence-electron chi connectivity index (χ2n) is 4.94. The van der Waals surface area contributed by atoms with Crippen LogP contribution < -0.4 is 10.5 Å². The number of nitrogens with zero attached hydrogens (tertiary/aromatic N) is 1. The molecule has 20 heavy (non-hydrogen) atoms. The number of anilines is 1. The molecule has 0 aromatic heterocycles. The molecule has 7 heteroatoms. The van der Waals surface area contributed by atoms with Gasteiger partial charge in [0.25, 0.3) is 0 Å². The molecular weight excluding hydrogens is 278 g/mol. The third-order valence-electron chi connectivity index (χ3n) is 3.55. The minimum Gasteiger partial charge on any atom is -0.409 e. The van der Waals surface area contributed by atoms with Gasteiger partial charge in [-0.05, 0) is 25.0 Å². The monoisotopic (exact) mass is 297 g/mol. The Morgan fingerprint density at radius 3 is 2.55 bits per heavy atom. The number of amidine groups is 1. The van der Waals surface area contributed by atoms with Gasteiger partial charge in [-0.3, -0.25) is 4.72 Å². The summed E-state index contributed by atoms with van der Waals surface area (Å²) in [6.07, 6.45) is 4.33. The molecule has 1 fully saturated rings. The van der Waals surface area contributed by atoms with Crippen LogP contribution >= 0.6 is 0 Å². The first-order valence-electron chi connectivity index (χ1n) is 6.63. The van der Waals surface area contributed by atoms with E-state index in [2.05, 4.69) is 9.88 Å². The second kappa shape index (κ2) is 6.13. The Morgan fingerprint density at radius 2 is 1.90 bits per heavy atom. The lowest BCUT2D eigenvalue weighted by molar-refractivity contribution is 0.318. The molecular formula is C13H19N3O3S. The van der Waals surface area contributed by atoms with Crippen molar-refractivity contribution in [2.75, 3.05) is 4.72 Å². The van der Waals surface area contributed by atoms with Crippen LogP contribution in [0.3, 0.4) is 0 Å². The van der Waals surface area contributed by atoms with Crippen LogP contribution in [0, 0.1) is 0 Å². The van der Waals surface area contributed by atoms with Crippen molar-refractivity contribution in [2.45, 2.75) is 37.4 Å². The molecule has 4 N–H and O–H groups in total. The van der Waals surface area contributed by atoms with Crippen molar-refractivity contribution in [3.63, 3.8) is 0 Å². The summed E-state index contributed by atoms with van der Waals surface area (Å²) < 4.78 is 27.3. The van der Waals surface area contributed by atoms with Gasteiger partial charge in [-0.1, -0.05) is 36.6 Å². The van der Waals surface area contributed by atoms with Gasteiger partial charge in [-0.15, -0.1) is 0 Å². The van der Waals surface area contributed by atoms with Crippen LogP contribution in [0.2, 0.25) is 0 Å². The lowest BCUT2D eigenvalue weighted by Crippen LogP contribution is -2.30. The van der Waals surface area contributed by atoms with E-state index in [9.17, 15) is 8.42 Å². The van der Waals surface area contributed by atoms with Crippen LogP contribution in [0.15, 0.2) is 29.4 Å². The minimum atomic E-state index is -3.44. The molecule has 0 atom stereocenters. The van der Waals surface area contributed by atoms with Crippen molar-refractivity contribution in [3.8, 4) is 0 Å². The average Bonchev–Trinajstić information content (AvgIpc) is 2.47. The summed E-state index contributed by atoms with van der Waals surface area (Å²) in [4.78, 5) is 0. The van der Waals surface area contributed by atoms with Gasteiger partial charge < -0.3 is 10.9 Å². The first kappa shape index (κ1) is 14.6. The maximum absolute atomic E-state index is 12.4. The number of benzene rings is 1. The summed E-state index contributed by atoms with van der Waals surface area (Å²) in [6, 6.07) is 6.61. The molecule has 1 aromatic rings. The molecule has 1 aliphatic rings. The maximum Gasteiger partial charge on any atom is 0.235 e. The Morgan fingerprint density at radius 1 is 1.25 bits per heavy atom. The Balaban J connectivity index is 2.25. The summed E-state index contributed by atoms with van der Waals surface area (Å²) in [5.41, 5.74) is 6.27. The van der Waals surface area contributed by atoms with Gasteiger partial charge in [-0.25, -0.2) is 8.42 Å². The Labute approximate surface area is 118 Å². The lowest BCUT2D eigenvalue weighted by Gasteiger charge is -2.23. The van der Waals surface area contributed by atoms with E-state index in [4.69, 9.17) is 10.9 Å². The van der Waals surface area contributed by atoms with Crippen LogP contribution in [0.25, 0.3) is 0 Å². The maximum atomic E-state index is 12.4. The van der Waals surface area contributed by atoms with E-state index in [1.807, 2.05) is 0 Å². The topological polar surface area (TPSA) is 105 Å². The standard InChI is InChI=1S/C13H19N3O3S/c14-13(15-17)11-8-4-5-9-12(11)16-20(18,19)10-6-2-1-3-7-10/h4-5,8-10,16-17H,1-3,6-7H2,(H2,14,15). The molecule has 0 radical (unpaired) electrons. The van der Waals surface area contributed by atoms with Crippen molar-refractivity contribution in [2.24, 2.45) is 10.9 Å². The first-order chi connectivity index (χ1) is 9.54. The number of nitrogens with one attached hydrogen (secondary N) is 1. The molecule has 1 aliphatic carbocycles. The molecule has 0 amide bonds. The second-order valence-corrected chi connectivity index (χ2v) is 6.90. The van der Waals surface area contributed by atoms with Crippen LogP contribution in [0.5, 0.6) is 0 Å². The molecule has 2 rings (SSSR count). The van der Waals surface area contributed by atoms with Gasteiger partial charge >= 0.3 is 0 Å². The van der Waals surface area contributed by atoms with Gasteiger partial charge in [0.1, 0.15) is 0 Å². The van der Waals surface area contributed by atoms with Crippen LogP contribution in [0.1, 0.15) is 37.7 Å². The zero-order valence-corrected chi connectivity index (χ0v) is 11.9. The van der Waals surface area contributed by atoms with Crippen LogP contribution in [0.4, 0.5) is 5.69 Å². The zero-order valence-electron chi connectivity index (χ0n) is 11.1. The van der Waals surface area contributed by atoms with Gasteiger partial charge in [0.15, 0.2) is 5.84 Å². The quantitative estimate of drug-likeness (QED) is 0.341. The highest BCUT2D eigenvalue weighted by Crippen LogP contribution is 2.26. The largest absolute Gasteiger partial charge is 0.409 e. The third-order valence-corrected chi connectivity index (χ3v) is 5.41. The lowest BCUT2D eigenvalue weighted by atomic mass is 10.0. The molecule has 0 heterocycles. The van der Waals surface area contributed by atoms with Gasteiger partial charge in [-0.2, -0.15) is 0 Å². The molecule has 1 aromatic carbocycles. The number of rotatable bonds is 4. The van der Waals surface area contributed by atoms with Gasteiger partial charge in [0.2, 0.25) is 10.0 Å². The predicted octanol–water partition coefficient (Wildman–Crippen LogP) is 1.86. The molecule has 0 aliphatic heterocycles. The number of nitrogens with two attached hydrogens (primary N) is 1. The molecule has 110 valence electrons. The first-order valence-corrected chi connectivity index (χ1v) is 8.18. The van der Waals surface area contributed by atoms with E-state index in [1.54, 1.807) is 24.3 Å².